The molecule has 1 fully saturated rings. The monoisotopic (exact) mass is 231 g/mol. The standard InChI is InChI=1S/C13H17N3O/c17-13-6-10-5-11(1-2-12(10)16-13)15-8-9-3-4-14-7-9/h1-2,5,9,14-15H,3-4,6-8H2,(H,16,17). The number of benzene rings is 1. The molecule has 0 aromatic heterocycles. The molecular weight excluding hydrogens is 214 g/mol. The van der Waals surface area contributed by atoms with Crippen molar-refractivity contribution in [1.29, 1.82) is 0 Å². The first-order valence-electron chi connectivity index (χ1n) is 6.18. The lowest BCUT2D eigenvalue weighted by molar-refractivity contribution is -0.115. The number of hydrogen-bond acceptors (Lipinski definition) is 3. The van der Waals surface area contributed by atoms with E-state index in [0.717, 1.165) is 42.5 Å². The molecule has 2 aliphatic rings. The van der Waals surface area contributed by atoms with Gasteiger partial charge in [0.2, 0.25) is 5.91 Å². The van der Waals surface area contributed by atoms with Gasteiger partial charge < -0.3 is 16.0 Å². The molecule has 1 atom stereocenters. The summed E-state index contributed by atoms with van der Waals surface area (Å²) >= 11 is 0. The Morgan fingerprint density at radius 1 is 1.41 bits per heavy atom. The first-order valence-corrected chi connectivity index (χ1v) is 6.18. The molecule has 4 nitrogen and oxygen atoms in total. The maximum absolute atomic E-state index is 11.2. The number of nitrogens with one attached hydrogen (secondary N) is 3. The number of amides is 1. The molecule has 3 N–H and O–H groups in total. The SMILES string of the molecule is O=C1Cc2cc(NCC3CCNC3)ccc2N1. The minimum Gasteiger partial charge on any atom is -0.385 e. The van der Waals surface area contributed by atoms with Crippen molar-refractivity contribution in [3.05, 3.63) is 23.8 Å². The zero-order valence-electron chi connectivity index (χ0n) is 9.75. The fourth-order valence-electron chi connectivity index (χ4n) is 2.49. The molecule has 0 spiro atoms. The van der Waals surface area contributed by atoms with Crippen LogP contribution in [0.15, 0.2) is 18.2 Å². The number of hydrogen-bond donors (Lipinski definition) is 3. The summed E-state index contributed by atoms with van der Waals surface area (Å²) in [6, 6.07) is 6.10. The van der Waals surface area contributed by atoms with E-state index in [1.54, 1.807) is 0 Å². The minimum absolute atomic E-state index is 0.0946. The molecule has 1 aromatic rings. The molecule has 4 heteroatoms. The van der Waals surface area contributed by atoms with Gasteiger partial charge in [-0.05, 0) is 49.2 Å². The second-order valence-corrected chi connectivity index (χ2v) is 4.84. The summed E-state index contributed by atoms with van der Waals surface area (Å²) in [6.45, 7) is 3.25. The van der Waals surface area contributed by atoms with Crippen LogP contribution in [0, 0.1) is 5.92 Å². The summed E-state index contributed by atoms with van der Waals surface area (Å²) < 4.78 is 0. The van der Waals surface area contributed by atoms with Crippen LogP contribution >= 0.6 is 0 Å². The van der Waals surface area contributed by atoms with Crippen molar-refractivity contribution in [2.75, 3.05) is 30.3 Å². The van der Waals surface area contributed by atoms with Gasteiger partial charge in [-0.15, -0.1) is 0 Å². The van der Waals surface area contributed by atoms with E-state index in [4.69, 9.17) is 0 Å². The molecule has 1 unspecified atom stereocenters. The van der Waals surface area contributed by atoms with Crippen LogP contribution in [0.25, 0.3) is 0 Å². The summed E-state index contributed by atoms with van der Waals surface area (Å²) in [5, 5.41) is 9.66. The van der Waals surface area contributed by atoms with Crippen molar-refractivity contribution >= 4 is 17.3 Å². The van der Waals surface area contributed by atoms with E-state index in [-0.39, 0.29) is 5.91 Å². The predicted octanol–water partition coefficient (Wildman–Crippen LogP) is 1.20. The Hall–Kier alpha value is -1.55. The van der Waals surface area contributed by atoms with E-state index >= 15 is 0 Å². The Labute approximate surface area is 101 Å². The van der Waals surface area contributed by atoms with Gasteiger partial charge in [0.1, 0.15) is 0 Å². The lowest BCUT2D eigenvalue weighted by atomic mass is 10.1. The lowest BCUT2D eigenvalue weighted by Gasteiger charge is -2.12. The van der Waals surface area contributed by atoms with E-state index in [2.05, 4.69) is 22.0 Å². The van der Waals surface area contributed by atoms with Crippen LogP contribution in [0.3, 0.4) is 0 Å². The largest absolute Gasteiger partial charge is 0.385 e. The maximum Gasteiger partial charge on any atom is 0.228 e. The van der Waals surface area contributed by atoms with Crippen molar-refractivity contribution in [1.82, 2.24) is 5.32 Å². The average molecular weight is 231 g/mol. The highest BCUT2D eigenvalue weighted by atomic mass is 16.1. The van der Waals surface area contributed by atoms with Gasteiger partial charge in [-0.1, -0.05) is 0 Å². The third-order valence-corrected chi connectivity index (χ3v) is 3.49. The molecule has 2 heterocycles. The van der Waals surface area contributed by atoms with Gasteiger partial charge in [-0.2, -0.15) is 0 Å². The van der Waals surface area contributed by atoms with Gasteiger partial charge in [-0.3, -0.25) is 4.79 Å². The summed E-state index contributed by atoms with van der Waals surface area (Å²) in [5.74, 6) is 0.820. The van der Waals surface area contributed by atoms with Crippen LogP contribution < -0.4 is 16.0 Å². The zero-order valence-corrected chi connectivity index (χ0v) is 9.75. The molecule has 17 heavy (non-hydrogen) atoms. The molecule has 90 valence electrons. The molecular formula is C13H17N3O. The quantitative estimate of drug-likeness (QED) is 0.732. The highest BCUT2D eigenvalue weighted by molar-refractivity contribution is 5.99. The topological polar surface area (TPSA) is 53.2 Å². The maximum atomic E-state index is 11.2. The van der Waals surface area contributed by atoms with Crippen LogP contribution in [0.5, 0.6) is 0 Å². The third kappa shape index (κ3) is 2.26. The molecule has 0 saturated carbocycles. The van der Waals surface area contributed by atoms with Crippen molar-refractivity contribution in [2.24, 2.45) is 5.92 Å². The third-order valence-electron chi connectivity index (χ3n) is 3.49. The molecule has 1 saturated heterocycles. The van der Waals surface area contributed by atoms with Gasteiger partial charge in [0.05, 0.1) is 6.42 Å². The van der Waals surface area contributed by atoms with E-state index < -0.39 is 0 Å². The van der Waals surface area contributed by atoms with E-state index in [0.29, 0.717) is 6.42 Å². The van der Waals surface area contributed by atoms with Gasteiger partial charge in [0, 0.05) is 17.9 Å². The summed E-state index contributed by atoms with van der Waals surface area (Å²) in [6.07, 6.45) is 1.76. The smallest absolute Gasteiger partial charge is 0.228 e. The van der Waals surface area contributed by atoms with Crippen molar-refractivity contribution in [3.8, 4) is 0 Å². The van der Waals surface area contributed by atoms with E-state index in [1.165, 1.54) is 6.42 Å². The Morgan fingerprint density at radius 3 is 3.18 bits per heavy atom. The van der Waals surface area contributed by atoms with Gasteiger partial charge in [-0.25, -0.2) is 0 Å². The van der Waals surface area contributed by atoms with Gasteiger partial charge >= 0.3 is 0 Å². The van der Waals surface area contributed by atoms with Crippen LogP contribution in [0.1, 0.15) is 12.0 Å². The minimum atomic E-state index is 0.0946. The number of carbonyl (C=O) groups is 1. The Bertz CT molecular complexity index is 438. The first-order chi connectivity index (χ1) is 8.31. The molecule has 1 aromatic carbocycles. The molecule has 0 aliphatic carbocycles. The highest BCUT2D eigenvalue weighted by Gasteiger charge is 2.18. The Morgan fingerprint density at radius 2 is 2.35 bits per heavy atom. The van der Waals surface area contributed by atoms with Crippen LogP contribution in [0.4, 0.5) is 11.4 Å². The number of fused-ring (bicyclic) bond motifs is 1. The second-order valence-electron chi connectivity index (χ2n) is 4.84. The number of carbonyl (C=O) groups excluding carboxylic acids is 1. The fourth-order valence-corrected chi connectivity index (χ4v) is 2.49. The van der Waals surface area contributed by atoms with Crippen LogP contribution in [-0.4, -0.2) is 25.5 Å². The van der Waals surface area contributed by atoms with E-state index in [9.17, 15) is 4.79 Å². The van der Waals surface area contributed by atoms with Crippen LogP contribution in [-0.2, 0) is 11.2 Å². The zero-order chi connectivity index (χ0) is 11.7. The Kier molecular flexibility index (Phi) is 2.73. The van der Waals surface area contributed by atoms with Crippen molar-refractivity contribution in [2.45, 2.75) is 12.8 Å². The number of rotatable bonds is 3. The molecule has 0 radical (unpaired) electrons. The normalized spacial score (nSPS) is 22.4. The Balaban J connectivity index is 1.64. The van der Waals surface area contributed by atoms with Gasteiger partial charge in [0.15, 0.2) is 0 Å². The average Bonchev–Trinajstić information content (AvgIpc) is 2.92. The van der Waals surface area contributed by atoms with E-state index in [1.807, 2.05) is 12.1 Å². The molecule has 0 bridgehead atoms. The summed E-state index contributed by atoms with van der Waals surface area (Å²) in [4.78, 5) is 11.2. The molecule has 3 rings (SSSR count). The predicted molar refractivity (Wildman–Crippen MR) is 68.2 cm³/mol. The fraction of sp³-hybridized carbons (Fsp3) is 0.462. The first kappa shape index (κ1) is 10.6. The molecule has 1 amide bonds. The van der Waals surface area contributed by atoms with Crippen molar-refractivity contribution in [3.63, 3.8) is 0 Å². The van der Waals surface area contributed by atoms with Crippen molar-refractivity contribution < 1.29 is 4.79 Å². The highest BCUT2D eigenvalue weighted by Crippen LogP contribution is 2.26. The summed E-state index contributed by atoms with van der Waals surface area (Å²) in [5.41, 5.74) is 3.18. The van der Waals surface area contributed by atoms with Crippen LogP contribution in [0.2, 0.25) is 0 Å². The van der Waals surface area contributed by atoms with Gasteiger partial charge in [0.25, 0.3) is 0 Å². The molecule has 2 aliphatic heterocycles. The second kappa shape index (κ2) is 4.37. The lowest BCUT2D eigenvalue weighted by Crippen LogP contribution is -2.17. The summed E-state index contributed by atoms with van der Waals surface area (Å²) in [7, 11) is 0. The number of anilines is 2.